The number of amides is 2. The van der Waals surface area contributed by atoms with Crippen molar-refractivity contribution in [3.8, 4) is 5.75 Å². The monoisotopic (exact) mass is 434 g/mol. The number of carbonyl (C=O) groups is 2. The summed E-state index contributed by atoms with van der Waals surface area (Å²) in [5, 5.41) is 2.78. The molecule has 1 aliphatic rings. The molecule has 1 atom stereocenters. The molecular formula is C24H22N2O4S. The fraction of sp³-hybridized carbons (Fsp3) is 0.167. The number of benzene rings is 2. The van der Waals surface area contributed by atoms with Gasteiger partial charge in [-0.2, -0.15) is 0 Å². The highest BCUT2D eigenvalue weighted by Gasteiger charge is 2.33. The Kier molecular flexibility index (Phi) is 6.43. The molecule has 0 bridgehead atoms. The summed E-state index contributed by atoms with van der Waals surface area (Å²) in [5.41, 5.74) is 2.16. The van der Waals surface area contributed by atoms with E-state index in [-0.39, 0.29) is 17.2 Å². The highest BCUT2D eigenvalue weighted by Crippen LogP contribution is 2.39. The molecule has 0 saturated carbocycles. The molecule has 2 aromatic carbocycles. The molecule has 0 spiro atoms. The maximum absolute atomic E-state index is 12.6. The van der Waals surface area contributed by atoms with Crippen molar-refractivity contribution in [2.75, 3.05) is 17.7 Å². The Morgan fingerprint density at radius 3 is 2.81 bits per heavy atom. The zero-order valence-corrected chi connectivity index (χ0v) is 17.6. The number of nitrogens with one attached hydrogen (secondary N) is 1. The van der Waals surface area contributed by atoms with Crippen LogP contribution in [0.1, 0.15) is 27.1 Å². The van der Waals surface area contributed by atoms with Gasteiger partial charge in [0.1, 0.15) is 23.5 Å². The Hall–Kier alpha value is -3.45. The molecule has 0 radical (unpaired) electrons. The van der Waals surface area contributed by atoms with Crippen LogP contribution >= 0.6 is 11.8 Å². The summed E-state index contributed by atoms with van der Waals surface area (Å²) >= 11 is 1.57. The summed E-state index contributed by atoms with van der Waals surface area (Å²) < 4.78 is 10.9. The molecule has 1 fully saturated rings. The lowest BCUT2D eigenvalue weighted by atomic mass is 10.1. The molecule has 1 aromatic heterocycles. The van der Waals surface area contributed by atoms with Gasteiger partial charge in [-0.15, -0.1) is 11.8 Å². The molecule has 2 heterocycles. The third kappa shape index (κ3) is 5.00. The first-order valence-corrected chi connectivity index (χ1v) is 10.9. The molecule has 0 aliphatic carbocycles. The maximum atomic E-state index is 12.6. The van der Waals surface area contributed by atoms with Gasteiger partial charge in [0, 0.05) is 17.3 Å². The van der Waals surface area contributed by atoms with Gasteiger partial charge < -0.3 is 19.4 Å². The zero-order valence-electron chi connectivity index (χ0n) is 16.8. The van der Waals surface area contributed by atoms with Crippen LogP contribution < -0.4 is 10.1 Å². The smallest absolute Gasteiger partial charge is 0.255 e. The Balaban J connectivity index is 1.43. The van der Waals surface area contributed by atoms with Crippen LogP contribution in [0.15, 0.2) is 84.0 Å². The normalized spacial score (nSPS) is 15.7. The zero-order chi connectivity index (χ0) is 21.6. The quantitative estimate of drug-likeness (QED) is 0.512. The highest BCUT2D eigenvalue weighted by atomic mass is 32.2. The molecule has 31 heavy (non-hydrogen) atoms. The van der Waals surface area contributed by atoms with E-state index in [1.54, 1.807) is 53.3 Å². The first-order valence-electron chi connectivity index (χ1n) is 9.82. The van der Waals surface area contributed by atoms with Crippen LogP contribution in [0.4, 0.5) is 5.69 Å². The Labute approximate surface area is 184 Å². The van der Waals surface area contributed by atoms with Crippen LogP contribution in [0.25, 0.3) is 0 Å². The third-order valence-corrected chi connectivity index (χ3v) is 6.05. The van der Waals surface area contributed by atoms with Crippen LogP contribution in [0.2, 0.25) is 0 Å². The maximum Gasteiger partial charge on any atom is 0.255 e. The van der Waals surface area contributed by atoms with Crippen LogP contribution in [-0.2, 0) is 11.3 Å². The lowest BCUT2D eigenvalue weighted by molar-refractivity contribution is -0.128. The largest absolute Gasteiger partial charge is 0.489 e. The van der Waals surface area contributed by atoms with Gasteiger partial charge in [-0.1, -0.05) is 30.9 Å². The molecule has 1 saturated heterocycles. The first kappa shape index (κ1) is 20.8. The Morgan fingerprint density at radius 1 is 1.23 bits per heavy atom. The van der Waals surface area contributed by atoms with Crippen molar-refractivity contribution in [2.45, 2.75) is 11.9 Å². The second-order valence-electron chi connectivity index (χ2n) is 6.97. The van der Waals surface area contributed by atoms with E-state index in [1.165, 1.54) is 0 Å². The van der Waals surface area contributed by atoms with Crippen LogP contribution in [-0.4, -0.2) is 29.1 Å². The van der Waals surface area contributed by atoms with E-state index in [1.807, 2.05) is 36.4 Å². The van der Waals surface area contributed by atoms with E-state index < -0.39 is 0 Å². The minimum atomic E-state index is -0.213. The lowest BCUT2D eigenvalue weighted by Gasteiger charge is -2.23. The molecule has 7 heteroatoms. The number of furan rings is 1. The molecule has 4 rings (SSSR count). The molecule has 6 nitrogen and oxygen atoms in total. The van der Waals surface area contributed by atoms with Crippen LogP contribution in [0.5, 0.6) is 5.75 Å². The van der Waals surface area contributed by atoms with Crippen molar-refractivity contribution in [2.24, 2.45) is 0 Å². The molecule has 3 aromatic rings. The van der Waals surface area contributed by atoms with E-state index in [0.717, 1.165) is 11.3 Å². The number of thioether (sulfide) groups is 1. The number of ether oxygens (including phenoxy) is 1. The second-order valence-corrected chi connectivity index (χ2v) is 8.04. The minimum absolute atomic E-state index is 0.0757. The summed E-state index contributed by atoms with van der Waals surface area (Å²) in [6, 6.07) is 18.2. The second kappa shape index (κ2) is 9.57. The van der Waals surface area contributed by atoms with Gasteiger partial charge in [-0.05, 0) is 42.0 Å². The number of anilines is 1. The van der Waals surface area contributed by atoms with Gasteiger partial charge >= 0.3 is 0 Å². The van der Waals surface area contributed by atoms with E-state index in [2.05, 4.69) is 11.9 Å². The van der Waals surface area contributed by atoms with E-state index >= 15 is 0 Å². The van der Waals surface area contributed by atoms with Crippen LogP contribution in [0, 0.1) is 0 Å². The van der Waals surface area contributed by atoms with Crippen LogP contribution in [0.3, 0.4) is 0 Å². The Morgan fingerprint density at radius 2 is 2.06 bits per heavy atom. The summed E-state index contributed by atoms with van der Waals surface area (Å²) in [6.07, 6.45) is 3.27. The molecule has 2 amide bonds. The minimum Gasteiger partial charge on any atom is -0.489 e. The highest BCUT2D eigenvalue weighted by molar-refractivity contribution is 8.00. The summed E-state index contributed by atoms with van der Waals surface area (Å²) in [5.74, 6) is 1.70. The predicted octanol–water partition coefficient (Wildman–Crippen LogP) is 4.87. The van der Waals surface area contributed by atoms with Crippen molar-refractivity contribution in [1.29, 1.82) is 0 Å². The fourth-order valence-corrected chi connectivity index (χ4v) is 4.48. The van der Waals surface area contributed by atoms with Crippen molar-refractivity contribution in [1.82, 2.24) is 4.90 Å². The number of nitrogens with zero attached hydrogens (tertiary/aromatic N) is 1. The third-order valence-electron chi connectivity index (χ3n) is 4.79. The molecule has 1 aliphatic heterocycles. The number of rotatable bonds is 8. The average Bonchev–Trinajstić information content (AvgIpc) is 3.43. The van der Waals surface area contributed by atoms with E-state index in [9.17, 15) is 9.59 Å². The first-order chi connectivity index (χ1) is 15.1. The summed E-state index contributed by atoms with van der Waals surface area (Å²) in [4.78, 5) is 26.8. The molecule has 1 N–H and O–H groups in total. The molecular weight excluding hydrogens is 412 g/mol. The van der Waals surface area contributed by atoms with Gasteiger partial charge in [0.15, 0.2) is 0 Å². The van der Waals surface area contributed by atoms with Gasteiger partial charge in [0.25, 0.3) is 5.91 Å². The fourth-order valence-electron chi connectivity index (χ4n) is 3.29. The SMILES string of the molecule is C=CCOc1cccc(NC(=O)c2ccc([C@@H]3SCC(=O)N3Cc3ccco3)cc2)c1. The summed E-state index contributed by atoms with van der Waals surface area (Å²) in [7, 11) is 0. The van der Waals surface area contributed by atoms with Gasteiger partial charge in [0.2, 0.25) is 5.91 Å². The van der Waals surface area contributed by atoms with Crippen molar-refractivity contribution >= 4 is 29.3 Å². The van der Waals surface area contributed by atoms with E-state index in [0.29, 0.717) is 35.9 Å². The molecule has 0 unspecified atom stereocenters. The van der Waals surface area contributed by atoms with E-state index in [4.69, 9.17) is 9.15 Å². The standard InChI is InChI=1S/C24H22N2O4S/c1-2-12-29-20-6-3-5-19(14-20)25-23(28)17-8-10-18(11-9-17)24-26(22(27)16-31-24)15-21-7-4-13-30-21/h2-11,13-14,24H,1,12,15-16H2,(H,25,28)/t24-/m0/s1. The van der Waals surface area contributed by atoms with Crippen molar-refractivity contribution in [3.05, 3.63) is 96.5 Å². The van der Waals surface area contributed by atoms with Gasteiger partial charge in [0.05, 0.1) is 18.6 Å². The number of hydrogen-bond donors (Lipinski definition) is 1. The van der Waals surface area contributed by atoms with Crippen molar-refractivity contribution in [3.63, 3.8) is 0 Å². The predicted molar refractivity (Wildman–Crippen MR) is 121 cm³/mol. The number of hydrogen-bond acceptors (Lipinski definition) is 5. The number of carbonyl (C=O) groups excluding carboxylic acids is 2. The Bertz CT molecular complexity index is 1060. The molecule has 158 valence electrons. The summed E-state index contributed by atoms with van der Waals surface area (Å²) in [6.45, 7) is 4.45. The van der Waals surface area contributed by atoms with Gasteiger partial charge in [-0.25, -0.2) is 0 Å². The average molecular weight is 435 g/mol. The van der Waals surface area contributed by atoms with Gasteiger partial charge in [-0.3, -0.25) is 9.59 Å². The van der Waals surface area contributed by atoms with Crippen molar-refractivity contribution < 1.29 is 18.7 Å². The topological polar surface area (TPSA) is 71.8 Å². The lowest BCUT2D eigenvalue weighted by Crippen LogP contribution is -2.27.